The van der Waals surface area contributed by atoms with Crippen molar-refractivity contribution in [2.75, 3.05) is 7.05 Å². The van der Waals surface area contributed by atoms with Gasteiger partial charge in [-0.1, -0.05) is 11.6 Å². The summed E-state index contributed by atoms with van der Waals surface area (Å²) >= 11 is 7.60. The first-order valence-electron chi connectivity index (χ1n) is 3.76. The standard InChI is InChI=1S/C8H10ClNS/c1-10-6-3-2-5-4-7(9)11-8(5)6/h4,6,10H,2-3H2,1H3. The smallest absolute Gasteiger partial charge is 0.0934 e. The molecule has 1 nitrogen and oxygen atoms in total. The Bertz CT molecular complexity index is 269. The zero-order chi connectivity index (χ0) is 7.84. The summed E-state index contributed by atoms with van der Waals surface area (Å²) in [4.78, 5) is 1.44. The van der Waals surface area contributed by atoms with Crippen LogP contribution in [0.1, 0.15) is 22.9 Å². The van der Waals surface area contributed by atoms with Gasteiger partial charge in [-0.05, 0) is 31.5 Å². The molecule has 0 saturated carbocycles. The van der Waals surface area contributed by atoms with Crippen LogP contribution >= 0.6 is 22.9 Å². The van der Waals surface area contributed by atoms with E-state index >= 15 is 0 Å². The Balaban J connectivity index is 2.37. The van der Waals surface area contributed by atoms with E-state index in [4.69, 9.17) is 11.6 Å². The Kier molecular flexibility index (Phi) is 1.91. The quantitative estimate of drug-likeness (QED) is 0.713. The maximum atomic E-state index is 5.89. The average Bonchev–Trinajstić information content (AvgIpc) is 2.45. The topological polar surface area (TPSA) is 12.0 Å². The molecule has 1 aromatic heterocycles. The molecule has 11 heavy (non-hydrogen) atoms. The molecule has 1 aliphatic rings. The molecule has 0 aliphatic heterocycles. The normalized spacial score (nSPS) is 22.2. The van der Waals surface area contributed by atoms with E-state index in [1.165, 1.54) is 23.3 Å². The van der Waals surface area contributed by atoms with Crippen molar-refractivity contribution in [3.63, 3.8) is 0 Å². The van der Waals surface area contributed by atoms with Crippen molar-refractivity contribution in [3.8, 4) is 0 Å². The molecule has 0 aromatic carbocycles. The van der Waals surface area contributed by atoms with Crippen LogP contribution in [0.2, 0.25) is 4.34 Å². The van der Waals surface area contributed by atoms with E-state index in [9.17, 15) is 0 Å². The van der Waals surface area contributed by atoms with Gasteiger partial charge in [-0.3, -0.25) is 0 Å². The molecule has 0 radical (unpaired) electrons. The SMILES string of the molecule is CNC1CCc2cc(Cl)sc21. The van der Waals surface area contributed by atoms with Gasteiger partial charge in [0.15, 0.2) is 0 Å². The molecule has 0 saturated heterocycles. The van der Waals surface area contributed by atoms with E-state index in [0.29, 0.717) is 6.04 Å². The summed E-state index contributed by atoms with van der Waals surface area (Å²) < 4.78 is 0.926. The highest BCUT2D eigenvalue weighted by molar-refractivity contribution is 7.16. The van der Waals surface area contributed by atoms with Crippen molar-refractivity contribution in [2.24, 2.45) is 0 Å². The number of hydrogen-bond acceptors (Lipinski definition) is 2. The number of hydrogen-bond donors (Lipinski definition) is 1. The molecule has 1 aromatic rings. The van der Waals surface area contributed by atoms with Crippen LogP contribution in [0.15, 0.2) is 6.07 Å². The van der Waals surface area contributed by atoms with Crippen LogP contribution in [-0.2, 0) is 6.42 Å². The summed E-state index contributed by atoms with van der Waals surface area (Å²) in [6, 6.07) is 2.65. The second-order valence-corrected chi connectivity index (χ2v) is 4.54. The maximum absolute atomic E-state index is 5.89. The number of nitrogens with one attached hydrogen (secondary N) is 1. The van der Waals surface area contributed by atoms with Crippen molar-refractivity contribution in [3.05, 3.63) is 20.8 Å². The van der Waals surface area contributed by atoms with E-state index < -0.39 is 0 Å². The molecule has 60 valence electrons. The van der Waals surface area contributed by atoms with Crippen molar-refractivity contribution in [1.29, 1.82) is 0 Å². The summed E-state index contributed by atoms with van der Waals surface area (Å²) in [5, 5.41) is 3.29. The summed E-state index contributed by atoms with van der Waals surface area (Å²) in [6.45, 7) is 0. The lowest BCUT2D eigenvalue weighted by Crippen LogP contribution is -2.11. The van der Waals surface area contributed by atoms with Gasteiger partial charge in [-0.2, -0.15) is 0 Å². The molecule has 1 heterocycles. The minimum absolute atomic E-state index is 0.558. The van der Waals surface area contributed by atoms with Gasteiger partial charge in [-0.25, -0.2) is 0 Å². The first-order valence-corrected chi connectivity index (χ1v) is 4.96. The predicted molar refractivity (Wildman–Crippen MR) is 49.5 cm³/mol. The summed E-state index contributed by atoms with van der Waals surface area (Å²) in [5.41, 5.74) is 1.44. The molecule has 0 amide bonds. The molecule has 1 N–H and O–H groups in total. The van der Waals surface area contributed by atoms with E-state index in [1.54, 1.807) is 11.3 Å². The molecule has 1 aliphatic carbocycles. The molecule has 0 spiro atoms. The van der Waals surface area contributed by atoms with Gasteiger partial charge < -0.3 is 5.32 Å². The number of halogens is 1. The number of thiophene rings is 1. The third-order valence-electron chi connectivity index (χ3n) is 2.18. The summed E-state index contributed by atoms with van der Waals surface area (Å²) in [5.74, 6) is 0. The van der Waals surface area contributed by atoms with Gasteiger partial charge in [0.05, 0.1) is 4.34 Å². The monoisotopic (exact) mass is 187 g/mol. The first-order chi connectivity index (χ1) is 5.31. The Hall–Kier alpha value is -0.0500. The second kappa shape index (κ2) is 2.77. The fourth-order valence-corrected chi connectivity index (χ4v) is 3.07. The van der Waals surface area contributed by atoms with Gasteiger partial charge >= 0.3 is 0 Å². The van der Waals surface area contributed by atoms with Crippen molar-refractivity contribution >= 4 is 22.9 Å². The van der Waals surface area contributed by atoms with Crippen LogP contribution in [0.5, 0.6) is 0 Å². The molecule has 0 bridgehead atoms. The van der Waals surface area contributed by atoms with Crippen LogP contribution in [0.4, 0.5) is 0 Å². The highest BCUT2D eigenvalue weighted by Gasteiger charge is 2.23. The van der Waals surface area contributed by atoms with E-state index in [1.807, 2.05) is 7.05 Å². The van der Waals surface area contributed by atoms with Gasteiger partial charge in [0, 0.05) is 10.9 Å². The van der Waals surface area contributed by atoms with E-state index in [0.717, 1.165) is 4.34 Å². The predicted octanol–water partition coefficient (Wildman–Crippen LogP) is 2.61. The molecule has 3 heteroatoms. The van der Waals surface area contributed by atoms with Gasteiger partial charge in [-0.15, -0.1) is 11.3 Å². The third kappa shape index (κ3) is 1.19. The Morgan fingerprint density at radius 2 is 2.55 bits per heavy atom. The average molecular weight is 188 g/mol. The van der Waals surface area contributed by atoms with Crippen LogP contribution < -0.4 is 5.32 Å². The van der Waals surface area contributed by atoms with Crippen LogP contribution in [0.25, 0.3) is 0 Å². The van der Waals surface area contributed by atoms with Crippen LogP contribution in [0, 0.1) is 0 Å². The lowest BCUT2D eigenvalue weighted by atomic mass is 10.3. The Morgan fingerprint density at radius 3 is 3.27 bits per heavy atom. The molecule has 1 atom stereocenters. The fraction of sp³-hybridized carbons (Fsp3) is 0.500. The largest absolute Gasteiger partial charge is 0.312 e. The zero-order valence-corrected chi connectivity index (χ0v) is 7.93. The van der Waals surface area contributed by atoms with E-state index in [-0.39, 0.29) is 0 Å². The number of fused-ring (bicyclic) bond motifs is 1. The molecule has 0 fully saturated rings. The van der Waals surface area contributed by atoms with Crippen molar-refractivity contribution < 1.29 is 0 Å². The highest BCUT2D eigenvalue weighted by atomic mass is 35.5. The molecule has 2 rings (SSSR count). The third-order valence-corrected chi connectivity index (χ3v) is 3.60. The van der Waals surface area contributed by atoms with E-state index in [2.05, 4.69) is 11.4 Å². The van der Waals surface area contributed by atoms with Crippen molar-refractivity contribution in [1.82, 2.24) is 5.32 Å². The lowest BCUT2D eigenvalue weighted by molar-refractivity contribution is 0.597. The van der Waals surface area contributed by atoms with Crippen LogP contribution in [-0.4, -0.2) is 7.05 Å². The summed E-state index contributed by atoms with van der Waals surface area (Å²) in [7, 11) is 2.01. The zero-order valence-electron chi connectivity index (χ0n) is 6.36. The molecular formula is C8H10ClNS. The number of rotatable bonds is 1. The Morgan fingerprint density at radius 1 is 1.73 bits per heavy atom. The molecular weight excluding hydrogens is 178 g/mol. The minimum Gasteiger partial charge on any atom is -0.312 e. The van der Waals surface area contributed by atoms with Gasteiger partial charge in [0.2, 0.25) is 0 Å². The first kappa shape index (κ1) is 7.59. The second-order valence-electron chi connectivity index (χ2n) is 2.82. The van der Waals surface area contributed by atoms with Crippen molar-refractivity contribution in [2.45, 2.75) is 18.9 Å². The summed E-state index contributed by atoms with van der Waals surface area (Å²) in [6.07, 6.45) is 2.42. The van der Waals surface area contributed by atoms with Gasteiger partial charge in [0.1, 0.15) is 0 Å². The highest BCUT2D eigenvalue weighted by Crippen LogP contribution is 2.39. The van der Waals surface area contributed by atoms with Crippen LogP contribution in [0.3, 0.4) is 0 Å². The lowest BCUT2D eigenvalue weighted by Gasteiger charge is -2.05. The fourth-order valence-electron chi connectivity index (χ4n) is 1.60. The maximum Gasteiger partial charge on any atom is 0.0934 e. The Labute approximate surface area is 75.4 Å². The van der Waals surface area contributed by atoms with Gasteiger partial charge in [0.25, 0.3) is 0 Å². The minimum atomic E-state index is 0.558. The molecule has 1 unspecified atom stereocenters. The number of aryl methyl sites for hydroxylation is 1.